The molecule has 1 fully saturated rings. The Kier molecular flexibility index (Phi) is 6.96. The first-order valence-electron chi connectivity index (χ1n) is 8.08. The number of hydrogen-bond acceptors (Lipinski definition) is 3. The number of nitrogens with one attached hydrogen (secondary N) is 1. The molecule has 0 aromatic carbocycles. The van der Waals surface area contributed by atoms with Gasteiger partial charge in [-0.1, -0.05) is 20.8 Å². The molecule has 0 aliphatic heterocycles. The van der Waals surface area contributed by atoms with Crippen LogP contribution in [0, 0.1) is 11.3 Å². The highest BCUT2D eigenvalue weighted by Crippen LogP contribution is 2.32. The minimum absolute atomic E-state index is 0.191. The van der Waals surface area contributed by atoms with Crippen molar-refractivity contribution in [3.63, 3.8) is 0 Å². The fourth-order valence-electron chi connectivity index (χ4n) is 3.08. The normalized spacial score (nSPS) is 25.2. The zero-order chi connectivity index (χ0) is 15.2. The molecule has 5 N–H and O–H groups in total. The molecule has 1 rings (SSSR count). The molecule has 0 saturated heterocycles. The number of hydrogen-bond donors (Lipinski definition) is 3. The summed E-state index contributed by atoms with van der Waals surface area (Å²) in [6, 6.07) is 0.669. The summed E-state index contributed by atoms with van der Waals surface area (Å²) in [5.74, 6) is 0.703. The maximum Gasteiger partial charge on any atom is 0.220 e. The molecular formula is C16H33N3O. The molecule has 1 aliphatic rings. The Bertz CT molecular complexity index is 291. The molecular weight excluding hydrogens is 250 g/mol. The minimum atomic E-state index is 0.191. The van der Waals surface area contributed by atoms with E-state index in [4.69, 9.17) is 11.5 Å². The summed E-state index contributed by atoms with van der Waals surface area (Å²) >= 11 is 0. The zero-order valence-electron chi connectivity index (χ0n) is 13.5. The van der Waals surface area contributed by atoms with Crippen molar-refractivity contribution >= 4 is 5.91 Å². The van der Waals surface area contributed by atoms with E-state index in [1.54, 1.807) is 0 Å². The van der Waals surface area contributed by atoms with Crippen LogP contribution in [0.25, 0.3) is 0 Å². The molecule has 0 radical (unpaired) electrons. The van der Waals surface area contributed by atoms with Gasteiger partial charge in [0.2, 0.25) is 5.91 Å². The molecule has 0 aromatic rings. The zero-order valence-corrected chi connectivity index (χ0v) is 13.5. The van der Waals surface area contributed by atoms with Crippen molar-refractivity contribution in [1.29, 1.82) is 0 Å². The quantitative estimate of drug-likeness (QED) is 0.698. The van der Waals surface area contributed by atoms with Crippen LogP contribution in [0.5, 0.6) is 0 Å². The van der Waals surface area contributed by atoms with E-state index < -0.39 is 0 Å². The minimum Gasteiger partial charge on any atom is -0.353 e. The maximum absolute atomic E-state index is 12.1. The van der Waals surface area contributed by atoms with Gasteiger partial charge in [-0.3, -0.25) is 4.79 Å². The number of rotatable bonds is 6. The van der Waals surface area contributed by atoms with E-state index in [0.717, 1.165) is 38.5 Å². The summed E-state index contributed by atoms with van der Waals surface area (Å²) in [5.41, 5.74) is 11.8. The van der Waals surface area contributed by atoms with Crippen LogP contribution in [-0.4, -0.2) is 24.5 Å². The van der Waals surface area contributed by atoms with E-state index in [0.29, 0.717) is 31.0 Å². The van der Waals surface area contributed by atoms with Crippen molar-refractivity contribution in [3.05, 3.63) is 0 Å². The highest BCUT2D eigenvalue weighted by molar-refractivity contribution is 5.76. The predicted octanol–water partition coefficient (Wildman–Crippen LogP) is 2.16. The summed E-state index contributed by atoms with van der Waals surface area (Å²) < 4.78 is 0. The molecule has 4 nitrogen and oxygen atoms in total. The summed E-state index contributed by atoms with van der Waals surface area (Å²) in [6.45, 7) is 7.39. The van der Waals surface area contributed by atoms with Gasteiger partial charge in [0.15, 0.2) is 0 Å². The monoisotopic (exact) mass is 283 g/mol. The molecule has 1 atom stereocenters. The predicted molar refractivity (Wildman–Crippen MR) is 84.2 cm³/mol. The lowest BCUT2D eigenvalue weighted by atomic mass is 9.76. The average Bonchev–Trinajstić information content (AvgIpc) is 2.36. The average molecular weight is 283 g/mol. The molecule has 20 heavy (non-hydrogen) atoms. The molecule has 0 bridgehead atoms. The molecule has 0 heterocycles. The second kappa shape index (κ2) is 7.99. The lowest BCUT2D eigenvalue weighted by Crippen LogP contribution is -2.40. The van der Waals surface area contributed by atoms with E-state index in [-0.39, 0.29) is 11.3 Å². The van der Waals surface area contributed by atoms with Crippen LogP contribution in [0.1, 0.15) is 65.7 Å². The van der Waals surface area contributed by atoms with Gasteiger partial charge in [0.25, 0.3) is 0 Å². The third-order valence-corrected chi connectivity index (χ3v) is 4.60. The molecule has 0 aromatic heterocycles. The molecule has 0 spiro atoms. The molecule has 1 aliphatic carbocycles. The van der Waals surface area contributed by atoms with E-state index >= 15 is 0 Å². The van der Waals surface area contributed by atoms with Gasteiger partial charge in [0.1, 0.15) is 0 Å². The van der Waals surface area contributed by atoms with Gasteiger partial charge in [0.05, 0.1) is 0 Å². The second-order valence-electron chi connectivity index (χ2n) is 7.36. The summed E-state index contributed by atoms with van der Waals surface area (Å²) in [6.07, 6.45) is 6.65. The lowest BCUT2D eigenvalue weighted by Gasteiger charge is -2.31. The fourth-order valence-corrected chi connectivity index (χ4v) is 3.08. The second-order valence-corrected chi connectivity index (χ2v) is 7.36. The largest absolute Gasteiger partial charge is 0.353 e. The SMILES string of the molecule is CC(C)(C)C(CCN)CCC(=O)NC1CCC(N)CC1. The Balaban J connectivity index is 2.31. The van der Waals surface area contributed by atoms with Crippen LogP contribution in [0.3, 0.4) is 0 Å². The van der Waals surface area contributed by atoms with Crippen molar-refractivity contribution in [3.8, 4) is 0 Å². The van der Waals surface area contributed by atoms with Crippen LogP contribution in [0.2, 0.25) is 0 Å². The number of nitrogens with two attached hydrogens (primary N) is 2. The molecule has 1 amide bonds. The summed E-state index contributed by atoms with van der Waals surface area (Å²) in [4.78, 5) is 12.1. The Morgan fingerprint density at radius 2 is 1.80 bits per heavy atom. The van der Waals surface area contributed by atoms with E-state index in [1.165, 1.54) is 0 Å². The van der Waals surface area contributed by atoms with Crippen LogP contribution in [0.15, 0.2) is 0 Å². The first-order valence-corrected chi connectivity index (χ1v) is 8.08. The van der Waals surface area contributed by atoms with E-state index in [9.17, 15) is 4.79 Å². The van der Waals surface area contributed by atoms with E-state index in [2.05, 4.69) is 26.1 Å². The number of carbonyl (C=O) groups is 1. The van der Waals surface area contributed by atoms with Crippen molar-refractivity contribution in [2.24, 2.45) is 22.8 Å². The van der Waals surface area contributed by atoms with Crippen LogP contribution in [-0.2, 0) is 4.79 Å². The Labute approximate surface area is 124 Å². The van der Waals surface area contributed by atoms with E-state index in [1.807, 2.05) is 0 Å². The van der Waals surface area contributed by atoms with Gasteiger partial charge in [-0.05, 0) is 56.4 Å². The first-order chi connectivity index (χ1) is 9.32. The van der Waals surface area contributed by atoms with Gasteiger partial charge in [-0.2, -0.15) is 0 Å². The Morgan fingerprint density at radius 3 is 2.30 bits per heavy atom. The molecule has 1 saturated carbocycles. The summed E-state index contributed by atoms with van der Waals surface area (Å²) in [7, 11) is 0. The van der Waals surface area contributed by atoms with Crippen molar-refractivity contribution in [1.82, 2.24) is 5.32 Å². The molecule has 1 unspecified atom stereocenters. The van der Waals surface area contributed by atoms with Crippen molar-refractivity contribution in [2.45, 2.75) is 77.8 Å². The van der Waals surface area contributed by atoms with Gasteiger partial charge < -0.3 is 16.8 Å². The Morgan fingerprint density at radius 1 is 1.20 bits per heavy atom. The lowest BCUT2D eigenvalue weighted by molar-refractivity contribution is -0.122. The molecule has 4 heteroatoms. The third kappa shape index (κ3) is 6.23. The van der Waals surface area contributed by atoms with Crippen molar-refractivity contribution in [2.75, 3.05) is 6.54 Å². The number of carbonyl (C=O) groups excluding carboxylic acids is 1. The third-order valence-electron chi connectivity index (χ3n) is 4.60. The topological polar surface area (TPSA) is 81.1 Å². The maximum atomic E-state index is 12.1. The van der Waals surface area contributed by atoms with Gasteiger partial charge >= 0.3 is 0 Å². The van der Waals surface area contributed by atoms with Crippen LogP contribution in [0.4, 0.5) is 0 Å². The Hall–Kier alpha value is -0.610. The fraction of sp³-hybridized carbons (Fsp3) is 0.938. The van der Waals surface area contributed by atoms with Gasteiger partial charge in [-0.25, -0.2) is 0 Å². The highest BCUT2D eigenvalue weighted by Gasteiger charge is 2.25. The highest BCUT2D eigenvalue weighted by atomic mass is 16.1. The van der Waals surface area contributed by atoms with Crippen LogP contribution >= 0.6 is 0 Å². The van der Waals surface area contributed by atoms with Gasteiger partial charge in [0, 0.05) is 18.5 Å². The van der Waals surface area contributed by atoms with Gasteiger partial charge in [-0.15, -0.1) is 0 Å². The standard InChI is InChI=1S/C16H33N3O/c1-16(2,3)12(10-11-17)4-9-15(20)19-14-7-5-13(18)6-8-14/h12-14H,4-11,17-18H2,1-3H3,(H,19,20). The number of amides is 1. The van der Waals surface area contributed by atoms with Crippen LogP contribution < -0.4 is 16.8 Å². The molecule has 118 valence electrons. The first kappa shape index (κ1) is 17.4. The van der Waals surface area contributed by atoms with Crippen molar-refractivity contribution < 1.29 is 4.79 Å². The smallest absolute Gasteiger partial charge is 0.220 e. The summed E-state index contributed by atoms with van der Waals surface area (Å²) in [5, 5.41) is 3.16.